The molecule has 0 aromatic carbocycles. The number of carbonyl (C=O) groups excluding carboxylic acids is 1. The van der Waals surface area contributed by atoms with E-state index in [1.54, 1.807) is 0 Å². The van der Waals surface area contributed by atoms with Crippen LogP contribution in [0.3, 0.4) is 0 Å². The van der Waals surface area contributed by atoms with Crippen LogP contribution in [0.4, 0.5) is 0 Å². The van der Waals surface area contributed by atoms with Crippen LogP contribution in [0.5, 0.6) is 0 Å². The minimum atomic E-state index is -2.12. The Morgan fingerprint density at radius 1 is 1.06 bits per heavy atom. The molecule has 0 aliphatic rings. The van der Waals surface area contributed by atoms with Crippen LogP contribution in [-0.4, -0.2) is 35.9 Å². The molecule has 0 radical (unpaired) electrons. The van der Waals surface area contributed by atoms with Crippen molar-refractivity contribution in [3.8, 4) is 0 Å². The number of carboxylic acid groups (broad SMARTS) is 1. The Labute approximate surface area is 102 Å². The number of carbonyl (C=O) groups is 2. The zero-order valence-electron chi connectivity index (χ0n) is 10.8. The Hall–Kier alpha value is -0.940. The van der Waals surface area contributed by atoms with Gasteiger partial charge in [0.05, 0.1) is 13.2 Å². The summed E-state index contributed by atoms with van der Waals surface area (Å²) in [5, 5.41) is 9.12. The molecule has 0 bridgehead atoms. The first-order valence-electron chi connectivity index (χ1n) is 6.03. The summed E-state index contributed by atoms with van der Waals surface area (Å²) in [6.07, 6.45) is 3.12. The second-order valence-electron chi connectivity index (χ2n) is 3.88. The minimum Gasteiger partial charge on any atom is -0.477 e. The van der Waals surface area contributed by atoms with Crippen LogP contribution in [0.25, 0.3) is 0 Å². The van der Waals surface area contributed by atoms with Gasteiger partial charge in [-0.25, -0.2) is 4.79 Å². The molecule has 0 fully saturated rings. The minimum absolute atomic E-state index is 0.203. The van der Waals surface area contributed by atoms with Gasteiger partial charge in [-0.2, -0.15) is 0 Å². The highest BCUT2D eigenvalue weighted by atomic mass is 16.7. The molecule has 0 aliphatic carbocycles. The number of ketones is 1. The first-order valence-corrected chi connectivity index (χ1v) is 6.03. The fraction of sp³-hybridized carbons (Fsp3) is 0.833. The zero-order valence-corrected chi connectivity index (χ0v) is 10.8. The highest BCUT2D eigenvalue weighted by Crippen LogP contribution is 2.17. The third-order valence-electron chi connectivity index (χ3n) is 2.35. The van der Waals surface area contributed by atoms with Crippen molar-refractivity contribution in [1.82, 2.24) is 0 Å². The summed E-state index contributed by atoms with van der Waals surface area (Å²) in [6, 6.07) is 0. The van der Waals surface area contributed by atoms with Gasteiger partial charge in [-0.1, -0.05) is 26.7 Å². The third-order valence-corrected chi connectivity index (χ3v) is 2.35. The fourth-order valence-corrected chi connectivity index (χ4v) is 1.24. The molecule has 0 atom stereocenters. The third kappa shape index (κ3) is 4.83. The predicted octanol–water partition coefficient (Wildman–Crippen LogP) is 1.99. The molecule has 0 unspecified atom stereocenters. The van der Waals surface area contributed by atoms with E-state index in [-0.39, 0.29) is 13.2 Å². The summed E-state index contributed by atoms with van der Waals surface area (Å²) < 4.78 is 10.3. The smallest absolute Gasteiger partial charge is 0.372 e. The first kappa shape index (κ1) is 16.1. The summed E-state index contributed by atoms with van der Waals surface area (Å²) in [4.78, 5) is 22.6. The quantitative estimate of drug-likeness (QED) is 0.362. The van der Waals surface area contributed by atoms with E-state index in [0.29, 0.717) is 12.8 Å². The maximum Gasteiger partial charge on any atom is 0.372 e. The second kappa shape index (κ2) is 8.20. The topological polar surface area (TPSA) is 72.8 Å². The van der Waals surface area contributed by atoms with Crippen LogP contribution in [0.1, 0.15) is 46.5 Å². The second-order valence-corrected chi connectivity index (χ2v) is 3.88. The number of rotatable bonds is 10. The Kier molecular flexibility index (Phi) is 7.74. The lowest BCUT2D eigenvalue weighted by Crippen LogP contribution is -2.51. The van der Waals surface area contributed by atoms with E-state index >= 15 is 0 Å². The van der Waals surface area contributed by atoms with Crippen molar-refractivity contribution < 1.29 is 24.2 Å². The maximum absolute atomic E-state index is 11.5. The van der Waals surface area contributed by atoms with Gasteiger partial charge in [-0.3, -0.25) is 4.79 Å². The van der Waals surface area contributed by atoms with E-state index in [9.17, 15) is 9.59 Å². The summed E-state index contributed by atoms with van der Waals surface area (Å²) in [6.45, 7) is 5.49. The number of Topliss-reactive ketones (excluding diaryl/α,β-unsaturated/α-hetero) is 1. The van der Waals surface area contributed by atoms with Gasteiger partial charge in [0.2, 0.25) is 5.78 Å². The highest BCUT2D eigenvalue weighted by Gasteiger charge is 2.46. The van der Waals surface area contributed by atoms with Gasteiger partial charge in [0, 0.05) is 6.92 Å². The van der Waals surface area contributed by atoms with Crippen LogP contribution < -0.4 is 0 Å². The largest absolute Gasteiger partial charge is 0.477 e. The van der Waals surface area contributed by atoms with Crippen LogP contribution in [0.15, 0.2) is 0 Å². The molecular formula is C12H22O5. The summed E-state index contributed by atoms with van der Waals surface area (Å²) in [5.74, 6) is -4.13. The van der Waals surface area contributed by atoms with E-state index in [0.717, 1.165) is 12.8 Å². The number of hydrogen-bond acceptors (Lipinski definition) is 4. The molecule has 0 aromatic heterocycles. The first-order chi connectivity index (χ1) is 8.01. The Bertz CT molecular complexity index is 223. The van der Waals surface area contributed by atoms with Gasteiger partial charge in [-0.15, -0.1) is 0 Å². The molecular weight excluding hydrogens is 224 g/mol. The van der Waals surface area contributed by atoms with Gasteiger partial charge in [0.15, 0.2) is 0 Å². The summed E-state index contributed by atoms with van der Waals surface area (Å²) in [5.41, 5.74) is 0. The van der Waals surface area contributed by atoms with Crippen molar-refractivity contribution in [3.05, 3.63) is 0 Å². The molecule has 0 saturated heterocycles. The molecule has 1 N–H and O–H groups in total. The van der Waals surface area contributed by atoms with Crippen molar-refractivity contribution in [1.29, 1.82) is 0 Å². The highest BCUT2D eigenvalue weighted by molar-refractivity contribution is 6.03. The van der Waals surface area contributed by atoms with Gasteiger partial charge in [0.25, 0.3) is 0 Å². The molecule has 100 valence electrons. The van der Waals surface area contributed by atoms with E-state index in [2.05, 4.69) is 0 Å². The monoisotopic (exact) mass is 246 g/mol. The van der Waals surface area contributed by atoms with E-state index in [1.807, 2.05) is 13.8 Å². The van der Waals surface area contributed by atoms with Crippen molar-refractivity contribution in [2.45, 2.75) is 52.2 Å². The number of ether oxygens (including phenoxy) is 2. The normalized spacial score (nSPS) is 11.5. The van der Waals surface area contributed by atoms with Crippen LogP contribution in [0.2, 0.25) is 0 Å². The average Bonchev–Trinajstić information content (AvgIpc) is 2.26. The van der Waals surface area contributed by atoms with Crippen molar-refractivity contribution in [2.24, 2.45) is 0 Å². The molecule has 0 spiro atoms. The SMILES string of the molecule is CCCCOC(OCCCC)(C(C)=O)C(=O)O. The predicted molar refractivity (Wildman–Crippen MR) is 62.8 cm³/mol. The molecule has 5 nitrogen and oxygen atoms in total. The molecule has 0 heterocycles. The van der Waals surface area contributed by atoms with Crippen LogP contribution in [-0.2, 0) is 19.1 Å². The van der Waals surface area contributed by atoms with Gasteiger partial charge in [-0.05, 0) is 12.8 Å². The van der Waals surface area contributed by atoms with Gasteiger partial charge >= 0.3 is 11.8 Å². The van der Waals surface area contributed by atoms with E-state index in [1.165, 1.54) is 6.92 Å². The number of aliphatic carboxylic acids is 1. The average molecular weight is 246 g/mol. The lowest BCUT2D eigenvalue weighted by Gasteiger charge is -2.26. The van der Waals surface area contributed by atoms with E-state index in [4.69, 9.17) is 14.6 Å². The molecule has 5 heteroatoms. The van der Waals surface area contributed by atoms with Crippen LogP contribution >= 0.6 is 0 Å². The number of unbranched alkanes of at least 4 members (excludes halogenated alkanes) is 2. The number of carboxylic acids is 1. The van der Waals surface area contributed by atoms with Crippen molar-refractivity contribution in [3.63, 3.8) is 0 Å². The zero-order chi connectivity index (χ0) is 13.3. The number of hydrogen-bond donors (Lipinski definition) is 1. The Morgan fingerprint density at radius 2 is 1.47 bits per heavy atom. The standard InChI is InChI=1S/C12H22O5/c1-4-6-8-16-12(10(3)13,11(14)15)17-9-7-5-2/h4-9H2,1-3H3,(H,14,15). The fourth-order valence-electron chi connectivity index (χ4n) is 1.24. The van der Waals surface area contributed by atoms with Gasteiger partial charge < -0.3 is 14.6 Å². The Balaban J connectivity index is 4.62. The summed E-state index contributed by atoms with van der Waals surface area (Å²) in [7, 11) is 0. The van der Waals surface area contributed by atoms with Crippen molar-refractivity contribution >= 4 is 11.8 Å². The lowest BCUT2D eigenvalue weighted by atomic mass is 10.2. The van der Waals surface area contributed by atoms with Crippen LogP contribution in [0, 0.1) is 0 Å². The lowest BCUT2D eigenvalue weighted by molar-refractivity contribution is -0.236. The molecule has 0 aromatic rings. The molecule has 17 heavy (non-hydrogen) atoms. The molecule has 0 rings (SSSR count). The molecule has 0 aliphatic heterocycles. The Morgan fingerprint density at radius 3 is 1.71 bits per heavy atom. The maximum atomic E-state index is 11.5. The van der Waals surface area contributed by atoms with Crippen molar-refractivity contribution in [2.75, 3.05) is 13.2 Å². The molecule has 0 amide bonds. The molecule has 0 saturated carbocycles. The summed E-state index contributed by atoms with van der Waals surface area (Å²) >= 11 is 0. The van der Waals surface area contributed by atoms with E-state index < -0.39 is 17.5 Å². The van der Waals surface area contributed by atoms with Gasteiger partial charge in [0.1, 0.15) is 0 Å².